The Bertz CT molecular complexity index is 391. The van der Waals surface area contributed by atoms with Crippen molar-refractivity contribution in [3.05, 3.63) is 35.9 Å². The van der Waals surface area contributed by atoms with Crippen LogP contribution >= 0.6 is 0 Å². The molecule has 3 heteroatoms. The second-order valence-electron chi connectivity index (χ2n) is 5.43. The molecule has 0 aromatic heterocycles. The average molecular weight is 245 g/mol. The molecule has 0 spiro atoms. The summed E-state index contributed by atoms with van der Waals surface area (Å²) < 4.78 is 0. The molecule has 1 aliphatic carbocycles. The second-order valence-corrected chi connectivity index (χ2v) is 5.43. The Labute approximate surface area is 109 Å². The Morgan fingerprint density at radius 1 is 1.22 bits per heavy atom. The van der Waals surface area contributed by atoms with Gasteiger partial charge in [0.2, 0.25) is 0 Å². The summed E-state index contributed by atoms with van der Waals surface area (Å²) in [5, 5.41) is 3.39. The molecule has 18 heavy (non-hydrogen) atoms. The van der Waals surface area contributed by atoms with Gasteiger partial charge in [-0.05, 0) is 25.3 Å². The molecule has 0 radical (unpaired) electrons. The number of nitrogens with one attached hydrogen (secondary N) is 1. The summed E-state index contributed by atoms with van der Waals surface area (Å²) in [7, 11) is 0. The van der Waals surface area contributed by atoms with Crippen LogP contribution in [-0.2, 0) is 6.54 Å². The molecule has 0 amide bonds. The Morgan fingerprint density at radius 3 is 2.56 bits per heavy atom. The quantitative estimate of drug-likeness (QED) is 0.635. The molecule has 0 atom stereocenters. The van der Waals surface area contributed by atoms with Gasteiger partial charge in [0.05, 0.1) is 6.54 Å². The van der Waals surface area contributed by atoms with Gasteiger partial charge >= 0.3 is 0 Å². The van der Waals surface area contributed by atoms with Crippen molar-refractivity contribution >= 4 is 5.96 Å². The molecule has 0 bridgehead atoms. The molecular weight excluding hydrogens is 222 g/mol. The van der Waals surface area contributed by atoms with E-state index >= 15 is 0 Å². The first-order chi connectivity index (χ1) is 8.68. The number of rotatable bonds is 3. The summed E-state index contributed by atoms with van der Waals surface area (Å²) in [6.07, 6.45) is 6.30. The fraction of sp³-hybridized carbons (Fsp3) is 0.533. The zero-order valence-corrected chi connectivity index (χ0v) is 11.2. The van der Waals surface area contributed by atoms with E-state index in [0.29, 0.717) is 12.5 Å². The molecule has 0 aliphatic heterocycles. The largest absolute Gasteiger partial charge is 0.370 e. The zero-order chi connectivity index (χ0) is 12.8. The summed E-state index contributed by atoms with van der Waals surface area (Å²) in [6.45, 7) is 2.90. The van der Waals surface area contributed by atoms with Crippen molar-refractivity contribution in [2.45, 2.75) is 51.1 Å². The molecule has 1 aromatic rings. The SMILES string of the molecule is CC1(NC(N)=NCc2ccccc2)CCCCC1. The Hall–Kier alpha value is -1.51. The standard InChI is InChI=1S/C15H23N3/c1-15(10-6-3-7-11-15)18-14(16)17-12-13-8-4-2-5-9-13/h2,4-5,8-9H,3,6-7,10-12H2,1H3,(H3,16,17,18). The second kappa shape index (κ2) is 5.89. The lowest BCUT2D eigenvalue weighted by Gasteiger charge is -2.34. The highest BCUT2D eigenvalue weighted by molar-refractivity contribution is 5.78. The van der Waals surface area contributed by atoms with E-state index in [-0.39, 0.29) is 5.54 Å². The topological polar surface area (TPSA) is 50.4 Å². The first-order valence-corrected chi connectivity index (χ1v) is 6.80. The molecule has 0 unspecified atom stereocenters. The molecule has 1 aromatic carbocycles. The Balaban J connectivity index is 1.89. The van der Waals surface area contributed by atoms with Gasteiger partial charge in [-0.3, -0.25) is 0 Å². The highest BCUT2D eigenvalue weighted by Crippen LogP contribution is 2.27. The fourth-order valence-electron chi connectivity index (χ4n) is 2.57. The molecule has 98 valence electrons. The minimum Gasteiger partial charge on any atom is -0.370 e. The highest BCUT2D eigenvalue weighted by Gasteiger charge is 2.26. The van der Waals surface area contributed by atoms with E-state index < -0.39 is 0 Å². The van der Waals surface area contributed by atoms with E-state index in [1.54, 1.807) is 0 Å². The minimum atomic E-state index is 0.141. The number of nitrogens with two attached hydrogens (primary N) is 1. The van der Waals surface area contributed by atoms with Crippen LogP contribution in [-0.4, -0.2) is 11.5 Å². The molecule has 3 nitrogen and oxygen atoms in total. The fourth-order valence-corrected chi connectivity index (χ4v) is 2.57. The number of hydrogen-bond acceptors (Lipinski definition) is 1. The molecular formula is C15H23N3. The number of hydrogen-bond donors (Lipinski definition) is 2. The van der Waals surface area contributed by atoms with Gasteiger partial charge in [-0.15, -0.1) is 0 Å². The molecule has 2 rings (SSSR count). The van der Waals surface area contributed by atoms with E-state index in [0.717, 1.165) is 0 Å². The van der Waals surface area contributed by atoms with Crippen LogP contribution in [0.25, 0.3) is 0 Å². The van der Waals surface area contributed by atoms with Gasteiger partial charge in [0.1, 0.15) is 0 Å². The highest BCUT2D eigenvalue weighted by atomic mass is 15.1. The van der Waals surface area contributed by atoms with Crippen molar-refractivity contribution in [2.75, 3.05) is 0 Å². The molecule has 0 heterocycles. The lowest BCUT2D eigenvalue weighted by molar-refractivity contribution is 0.290. The zero-order valence-electron chi connectivity index (χ0n) is 11.2. The van der Waals surface area contributed by atoms with Crippen molar-refractivity contribution in [3.8, 4) is 0 Å². The van der Waals surface area contributed by atoms with Crippen molar-refractivity contribution in [1.29, 1.82) is 0 Å². The van der Waals surface area contributed by atoms with E-state index in [4.69, 9.17) is 5.73 Å². The Kier molecular flexibility index (Phi) is 4.24. The van der Waals surface area contributed by atoms with Crippen LogP contribution in [0.15, 0.2) is 35.3 Å². The van der Waals surface area contributed by atoms with Crippen molar-refractivity contribution in [2.24, 2.45) is 10.7 Å². The lowest BCUT2D eigenvalue weighted by atomic mass is 9.83. The van der Waals surface area contributed by atoms with Gasteiger partial charge in [0.25, 0.3) is 0 Å². The third-order valence-electron chi connectivity index (χ3n) is 3.66. The van der Waals surface area contributed by atoms with Gasteiger partial charge in [-0.2, -0.15) is 0 Å². The molecule has 3 N–H and O–H groups in total. The number of aliphatic imine (C=N–C) groups is 1. The first kappa shape index (κ1) is 12.9. The molecule has 1 fully saturated rings. The van der Waals surface area contributed by atoms with Gasteiger partial charge in [-0.25, -0.2) is 4.99 Å². The number of guanidine groups is 1. The molecule has 1 saturated carbocycles. The van der Waals surface area contributed by atoms with E-state index in [1.165, 1.54) is 37.7 Å². The summed E-state index contributed by atoms with van der Waals surface area (Å²) in [5.74, 6) is 0.572. The van der Waals surface area contributed by atoms with E-state index in [1.807, 2.05) is 18.2 Å². The maximum Gasteiger partial charge on any atom is 0.189 e. The van der Waals surface area contributed by atoms with Crippen molar-refractivity contribution in [3.63, 3.8) is 0 Å². The third kappa shape index (κ3) is 3.76. The average Bonchev–Trinajstić information content (AvgIpc) is 2.38. The van der Waals surface area contributed by atoms with Crippen LogP contribution in [0.5, 0.6) is 0 Å². The van der Waals surface area contributed by atoms with E-state index in [9.17, 15) is 0 Å². The molecule has 1 aliphatic rings. The van der Waals surface area contributed by atoms with E-state index in [2.05, 4.69) is 29.4 Å². The van der Waals surface area contributed by atoms with Gasteiger partial charge in [0, 0.05) is 5.54 Å². The lowest BCUT2D eigenvalue weighted by Crippen LogP contribution is -2.50. The van der Waals surface area contributed by atoms with Gasteiger partial charge < -0.3 is 11.1 Å². The van der Waals surface area contributed by atoms with Crippen LogP contribution < -0.4 is 11.1 Å². The normalized spacial score (nSPS) is 19.5. The van der Waals surface area contributed by atoms with Gasteiger partial charge in [0.15, 0.2) is 5.96 Å². The monoisotopic (exact) mass is 245 g/mol. The van der Waals surface area contributed by atoms with Crippen LogP contribution in [0.2, 0.25) is 0 Å². The summed E-state index contributed by atoms with van der Waals surface area (Å²) in [4.78, 5) is 4.42. The first-order valence-electron chi connectivity index (χ1n) is 6.80. The van der Waals surface area contributed by atoms with Crippen LogP contribution in [0.3, 0.4) is 0 Å². The van der Waals surface area contributed by atoms with Crippen LogP contribution in [0, 0.1) is 0 Å². The molecule has 0 saturated heterocycles. The maximum absolute atomic E-state index is 5.98. The summed E-state index contributed by atoms with van der Waals surface area (Å²) >= 11 is 0. The van der Waals surface area contributed by atoms with Crippen molar-refractivity contribution < 1.29 is 0 Å². The predicted octanol–water partition coefficient (Wildman–Crippen LogP) is 2.81. The number of benzene rings is 1. The maximum atomic E-state index is 5.98. The minimum absolute atomic E-state index is 0.141. The third-order valence-corrected chi connectivity index (χ3v) is 3.66. The van der Waals surface area contributed by atoms with Crippen LogP contribution in [0.4, 0.5) is 0 Å². The van der Waals surface area contributed by atoms with Gasteiger partial charge in [-0.1, -0.05) is 49.6 Å². The predicted molar refractivity (Wildman–Crippen MR) is 76.4 cm³/mol. The number of nitrogens with zero attached hydrogens (tertiary/aromatic N) is 1. The Morgan fingerprint density at radius 2 is 1.89 bits per heavy atom. The summed E-state index contributed by atoms with van der Waals surface area (Å²) in [6, 6.07) is 10.2. The van der Waals surface area contributed by atoms with Crippen molar-refractivity contribution in [1.82, 2.24) is 5.32 Å². The van der Waals surface area contributed by atoms with Crippen LogP contribution in [0.1, 0.15) is 44.6 Å². The smallest absolute Gasteiger partial charge is 0.189 e. The summed E-state index contributed by atoms with van der Waals surface area (Å²) in [5.41, 5.74) is 7.31.